The van der Waals surface area contributed by atoms with Crippen molar-refractivity contribution in [3.63, 3.8) is 0 Å². The van der Waals surface area contributed by atoms with Gasteiger partial charge in [0.05, 0.1) is 5.56 Å². The monoisotopic (exact) mass is 288 g/mol. The Morgan fingerprint density at radius 1 is 1.35 bits per heavy atom. The SMILES string of the molecule is CNc1ccc(C)cc1C(=O)NC(C)Cc1ccsc1. The summed E-state index contributed by atoms with van der Waals surface area (Å²) in [5, 5.41) is 10.3. The van der Waals surface area contributed by atoms with Gasteiger partial charge < -0.3 is 10.6 Å². The van der Waals surface area contributed by atoms with Crippen LogP contribution in [0.1, 0.15) is 28.4 Å². The summed E-state index contributed by atoms with van der Waals surface area (Å²) in [6, 6.07) is 8.06. The van der Waals surface area contributed by atoms with Gasteiger partial charge in [0.2, 0.25) is 0 Å². The number of nitrogens with one attached hydrogen (secondary N) is 2. The molecule has 0 saturated heterocycles. The van der Waals surface area contributed by atoms with Crippen LogP contribution in [0.15, 0.2) is 35.0 Å². The van der Waals surface area contributed by atoms with Gasteiger partial charge in [-0.25, -0.2) is 0 Å². The van der Waals surface area contributed by atoms with E-state index in [2.05, 4.69) is 27.5 Å². The normalized spacial score (nSPS) is 11.9. The van der Waals surface area contributed by atoms with E-state index in [1.54, 1.807) is 11.3 Å². The standard InChI is InChI=1S/C16H20N2OS/c1-11-4-5-15(17-3)14(8-11)16(19)18-12(2)9-13-6-7-20-10-13/h4-8,10,12,17H,9H2,1-3H3,(H,18,19). The van der Waals surface area contributed by atoms with Crippen molar-refractivity contribution in [3.8, 4) is 0 Å². The van der Waals surface area contributed by atoms with Crippen molar-refractivity contribution in [3.05, 3.63) is 51.7 Å². The first-order chi connectivity index (χ1) is 9.60. The predicted molar refractivity (Wildman–Crippen MR) is 85.7 cm³/mol. The molecule has 2 aromatic rings. The molecular formula is C16H20N2OS. The van der Waals surface area contributed by atoms with Gasteiger partial charge in [-0.3, -0.25) is 4.79 Å². The van der Waals surface area contributed by atoms with Crippen molar-refractivity contribution < 1.29 is 4.79 Å². The molecule has 1 heterocycles. The lowest BCUT2D eigenvalue weighted by Crippen LogP contribution is -2.34. The maximum Gasteiger partial charge on any atom is 0.253 e. The number of thiophene rings is 1. The predicted octanol–water partition coefficient (Wildman–Crippen LogP) is 3.46. The quantitative estimate of drug-likeness (QED) is 0.884. The second-order valence-corrected chi connectivity index (χ2v) is 5.79. The van der Waals surface area contributed by atoms with Crippen LogP contribution in [0.25, 0.3) is 0 Å². The van der Waals surface area contributed by atoms with E-state index < -0.39 is 0 Å². The van der Waals surface area contributed by atoms with Gasteiger partial charge in [-0.15, -0.1) is 0 Å². The van der Waals surface area contributed by atoms with Gasteiger partial charge in [0.15, 0.2) is 0 Å². The molecule has 0 fully saturated rings. The number of hydrogen-bond acceptors (Lipinski definition) is 3. The fourth-order valence-electron chi connectivity index (χ4n) is 2.18. The summed E-state index contributed by atoms with van der Waals surface area (Å²) in [5.74, 6) is -0.0271. The number of aryl methyl sites for hydroxylation is 1. The Balaban J connectivity index is 2.06. The molecular weight excluding hydrogens is 268 g/mol. The van der Waals surface area contributed by atoms with Gasteiger partial charge in [-0.2, -0.15) is 11.3 Å². The molecule has 2 N–H and O–H groups in total. The van der Waals surface area contributed by atoms with Crippen LogP contribution in [0.5, 0.6) is 0 Å². The van der Waals surface area contributed by atoms with E-state index in [9.17, 15) is 4.79 Å². The summed E-state index contributed by atoms with van der Waals surface area (Å²) in [7, 11) is 1.83. The summed E-state index contributed by atoms with van der Waals surface area (Å²) in [6.45, 7) is 4.02. The second kappa shape index (κ2) is 6.57. The van der Waals surface area contributed by atoms with Crippen molar-refractivity contribution in [2.75, 3.05) is 12.4 Å². The molecule has 0 bridgehead atoms. The summed E-state index contributed by atoms with van der Waals surface area (Å²) >= 11 is 1.68. The Labute approximate surface area is 124 Å². The lowest BCUT2D eigenvalue weighted by Gasteiger charge is -2.15. The first-order valence-electron chi connectivity index (χ1n) is 6.70. The van der Waals surface area contributed by atoms with Crippen LogP contribution >= 0.6 is 11.3 Å². The topological polar surface area (TPSA) is 41.1 Å². The molecule has 0 aliphatic carbocycles. The zero-order chi connectivity index (χ0) is 14.5. The average molecular weight is 288 g/mol. The molecule has 0 aliphatic heterocycles. The highest BCUT2D eigenvalue weighted by Crippen LogP contribution is 2.17. The molecule has 1 amide bonds. The molecule has 0 radical (unpaired) electrons. The maximum atomic E-state index is 12.4. The van der Waals surface area contributed by atoms with Gasteiger partial charge in [-0.05, 0) is 54.8 Å². The highest BCUT2D eigenvalue weighted by Gasteiger charge is 2.14. The molecule has 4 heteroatoms. The lowest BCUT2D eigenvalue weighted by molar-refractivity contribution is 0.0941. The average Bonchev–Trinajstić information content (AvgIpc) is 2.91. The molecule has 1 atom stereocenters. The smallest absolute Gasteiger partial charge is 0.253 e. The number of hydrogen-bond donors (Lipinski definition) is 2. The van der Waals surface area contributed by atoms with Crippen LogP contribution in [0, 0.1) is 6.92 Å². The highest BCUT2D eigenvalue weighted by atomic mass is 32.1. The summed E-state index contributed by atoms with van der Waals surface area (Å²) in [5.41, 5.74) is 3.90. The van der Waals surface area contributed by atoms with E-state index in [0.29, 0.717) is 5.56 Å². The number of benzene rings is 1. The zero-order valence-corrected chi connectivity index (χ0v) is 12.9. The van der Waals surface area contributed by atoms with Gasteiger partial charge in [-0.1, -0.05) is 11.6 Å². The minimum atomic E-state index is -0.0271. The first-order valence-corrected chi connectivity index (χ1v) is 7.64. The van der Waals surface area contributed by atoms with E-state index in [-0.39, 0.29) is 11.9 Å². The van der Waals surface area contributed by atoms with Crippen molar-refractivity contribution in [1.29, 1.82) is 0 Å². The van der Waals surface area contributed by atoms with Gasteiger partial charge in [0.1, 0.15) is 0 Å². The van der Waals surface area contributed by atoms with E-state index >= 15 is 0 Å². The van der Waals surface area contributed by atoms with E-state index in [0.717, 1.165) is 17.7 Å². The molecule has 1 aromatic carbocycles. The minimum Gasteiger partial charge on any atom is -0.387 e. The van der Waals surface area contributed by atoms with Crippen LogP contribution in [0.2, 0.25) is 0 Å². The van der Waals surface area contributed by atoms with E-state index in [1.807, 2.05) is 39.1 Å². The van der Waals surface area contributed by atoms with Crippen molar-refractivity contribution in [2.24, 2.45) is 0 Å². The van der Waals surface area contributed by atoms with E-state index in [4.69, 9.17) is 0 Å². The van der Waals surface area contributed by atoms with Crippen LogP contribution in [0.4, 0.5) is 5.69 Å². The van der Waals surface area contributed by atoms with Gasteiger partial charge >= 0.3 is 0 Å². The van der Waals surface area contributed by atoms with Crippen LogP contribution in [-0.4, -0.2) is 19.0 Å². The molecule has 20 heavy (non-hydrogen) atoms. The first kappa shape index (κ1) is 14.6. The minimum absolute atomic E-state index is 0.0271. The summed E-state index contributed by atoms with van der Waals surface area (Å²) < 4.78 is 0. The van der Waals surface area contributed by atoms with Crippen molar-refractivity contribution >= 4 is 22.9 Å². The molecule has 106 valence electrons. The summed E-state index contributed by atoms with van der Waals surface area (Å²) in [4.78, 5) is 12.4. The highest BCUT2D eigenvalue weighted by molar-refractivity contribution is 7.07. The molecule has 0 saturated carbocycles. The fraction of sp³-hybridized carbons (Fsp3) is 0.312. The Bertz CT molecular complexity index is 578. The number of amides is 1. The Morgan fingerprint density at radius 2 is 2.15 bits per heavy atom. The Kier molecular flexibility index (Phi) is 4.79. The summed E-state index contributed by atoms with van der Waals surface area (Å²) in [6.07, 6.45) is 0.857. The molecule has 3 nitrogen and oxygen atoms in total. The Morgan fingerprint density at radius 3 is 2.80 bits per heavy atom. The molecule has 1 unspecified atom stereocenters. The van der Waals surface area contributed by atoms with Gasteiger partial charge in [0.25, 0.3) is 5.91 Å². The largest absolute Gasteiger partial charge is 0.387 e. The number of anilines is 1. The third-order valence-corrected chi connectivity index (χ3v) is 3.92. The van der Waals surface area contributed by atoms with E-state index in [1.165, 1.54) is 5.56 Å². The van der Waals surface area contributed by atoms with Crippen LogP contribution < -0.4 is 10.6 Å². The van der Waals surface area contributed by atoms with Gasteiger partial charge in [0, 0.05) is 18.8 Å². The molecule has 0 aliphatic rings. The number of carbonyl (C=O) groups excluding carboxylic acids is 1. The zero-order valence-electron chi connectivity index (χ0n) is 12.1. The number of carbonyl (C=O) groups is 1. The third-order valence-electron chi connectivity index (χ3n) is 3.19. The maximum absolute atomic E-state index is 12.4. The lowest BCUT2D eigenvalue weighted by atomic mass is 10.1. The molecule has 0 spiro atoms. The fourth-order valence-corrected chi connectivity index (χ4v) is 2.86. The second-order valence-electron chi connectivity index (χ2n) is 5.01. The van der Waals surface area contributed by atoms with Crippen molar-refractivity contribution in [1.82, 2.24) is 5.32 Å². The third kappa shape index (κ3) is 3.61. The number of rotatable bonds is 5. The Hall–Kier alpha value is -1.81. The molecule has 1 aromatic heterocycles. The van der Waals surface area contributed by atoms with Crippen molar-refractivity contribution in [2.45, 2.75) is 26.3 Å². The van der Waals surface area contributed by atoms with Crippen LogP contribution in [0.3, 0.4) is 0 Å². The molecule has 2 rings (SSSR count). The van der Waals surface area contributed by atoms with Crippen LogP contribution in [-0.2, 0) is 6.42 Å².